The third kappa shape index (κ3) is 3.27. The maximum atomic E-state index is 12.7. The molecule has 0 spiro atoms. The van der Waals surface area contributed by atoms with Gasteiger partial charge in [0.25, 0.3) is 5.22 Å². The molecule has 0 aliphatic rings. The number of hydrogen-bond acceptors (Lipinski definition) is 5. The predicted octanol–water partition coefficient (Wildman–Crippen LogP) is 3.01. The maximum Gasteiger partial charge on any atom is 0.289 e. The van der Waals surface area contributed by atoms with Gasteiger partial charge in [-0.3, -0.25) is 4.79 Å². The first-order valence-corrected chi connectivity index (χ1v) is 5.96. The minimum atomic E-state index is -0.369. The van der Waals surface area contributed by atoms with Crippen molar-refractivity contribution >= 4 is 17.5 Å². The van der Waals surface area contributed by atoms with Gasteiger partial charge in [-0.05, 0) is 54.4 Å². The number of nitrogens with zero attached hydrogens (tertiary/aromatic N) is 2. The molecule has 0 radical (unpaired) electrons. The zero-order valence-corrected chi connectivity index (χ0v) is 10.3. The molecule has 4 nitrogen and oxygen atoms in total. The molecule has 0 bridgehead atoms. The van der Waals surface area contributed by atoms with Crippen molar-refractivity contribution in [3.63, 3.8) is 0 Å². The Hall–Kier alpha value is -1.95. The molecule has 0 N–H and O–H groups in total. The van der Waals surface area contributed by atoms with E-state index in [9.17, 15) is 9.18 Å². The van der Waals surface area contributed by atoms with Crippen LogP contribution in [0.25, 0.3) is 0 Å². The van der Waals surface area contributed by atoms with Gasteiger partial charge in [0, 0.05) is 5.56 Å². The van der Waals surface area contributed by atoms with Crippen LogP contribution in [-0.2, 0) is 0 Å². The number of aromatic nitrogens is 2. The van der Waals surface area contributed by atoms with Crippen molar-refractivity contribution in [2.75, 3.05) is 0 Å². The smallest absolute Gasteiger partial charge is 0.289 e. The van der Waals surface area contributed by atoms with Crippen molar-refractivity contribution < 1.29 is 13.7 Å². The highest BCUT2D eigenvalue weighted by Crippen LogP contribution is 2.16. The summed E-state index contributed by atoms with van der Waals surface area (Å²) in [5, 5.41) is 5.54. The van der Waals surface area contributed by atoms with Gasteiger partial charge in [0.15, 0.2) is 11.6 Å². The fourth-order valence-electron chi connectivity index (χ4n) is 1.19. The Bertz CT molecular complexity index is 578. The number of allylic oxidation sites excluding steroid dienone is 1. The molecule has 0 amide bonds. The van der Waals surface area contributed by atoms with Crippen LogP contribution in [0, 0.1) is 12.7 Å². The summed E-state index contributed by atoms with van der Waals surface area (Å²) in [5.41, 5.74) is 0.426. The predicted molar refractivity (Wildman–Crippen MR) is 64.8 cm³/mol. The van der Waals surface area contributed by atoms with Gasteiger partial charge in [0.05, 0.1) is 0 Å². The minimum absolute atomic E-state index is 0.210. The zero-order valence-electron chi connectivity index (χ0n) is 9.46. The molecule has 92 valence electrons. The molecule has 18 heavy (non-hydrogen) atoms. The van der Waals surface area contributed by atoms with Crippen molar-refractivity contribution in [2.45, 2.75) is 12.1 Å². The van der Waals surface area contributed by atoms with Crippen LogP contribution in [0.4, 0.5) is 4.39 Å². The van der Waals surface area contributed by atoms with Crippen LogP contribution in [0.5, 0.6) is 0 Å². The van der Waals surface area contributed by atoms with E-state index in [1.807, 2.05) is 0 Å². The topological polar surface area (TPSA) is 56.0 Å². The van der Waals surface area contributed by atoms with E-state index in [0.29, 0.717) is 16.6 Å². The second-order valence-electron chi connectivity index (χ2n) is 3.40. The lowest BCUT2D eigenvalue weighted by atomic mass is 10.1. The molecule has 1 heterocycles. The molecule has 6 heteroatoms. The van der Waals surface area contributed by atoms with E-state index in [-0.39, 0.29) is 11.6 Å². The molecule has 0 aliphatic heterocycles. The molecular formula is C12H9FN2O2S. The molecule has 0 saturated carbocycles. The van der Waals surface area contributed by atoms with Crippen LogP contribution in [0.1, 0.15) is 16.2 Å². The second kappa shape index (κ2) is 5.59. The van der Waals surface area contributed by atoms with Gasteiger partial charge in [-0.2, -0.15) is 4.98 Å². The first-order chi connectivity index (χ1) is 8.65. The summed E-state index contributed by atoms with van der Waals surface area (Å²) in [4.78, 5) is 15.6. The van der Waals surface area contributed by atoms with Gasteiger partial charge in [0.2, 0.25) is 0 Å². The number of hydrogen-bond donors (Lipinski definition) is 0. The zero-order chi connectivity index (χ0) is 13.0. The largest absolute Gasteiger partial charge is 0.327 e. The van der Waals surface area contributed by atoms with Gasteiger partial charge in [-0.15, -0.1) is 0 Å². The molecule has 1 aromatic carbocycles. The number of carbonyl (C=O) groups excluding carboxylic acids is 1. The highest BCUT2D eigenvalue weighted by atomic mass is 32.2. The molecule has 0 saturated heterocycles. The van der Waals surface area contributed by atoms with Gasteiger partial charge in [-0.25, -0.2) is 4.39 Å². The third-order valence-corrected chi connectivity index (χ3v) is 2.67. The number of carbonyl (C=O) groups is 1. The van der Waals surface area contributed by atoms with E-state index in [0.717, 1.165) is 11.8 Å². The first kappa shape index (κ1) is 12.5. The summed E-state index contributed by atoms with van der Waals surface area (Å²) >= 11 is 1.15. The fourth-order valence-corrected chi connectivity index (χ4v) is 1.76. The monoisotopic (exact) mass is 264 g/mol. The molecule has 0 atom stereocenters. The molecule has 0 fully saturated rings. The van der Waals surface area contributed by atoms with Gasteiger partial charge < -0.3 is 4.52 Å². The summed E-state index contributed by atoms with van der Waals surface area (Å²) < 4.78 is 17.5. The van der Waals surface area contributed by atoms with E-state index in [2.05, 4.69) is 10.1 Å². The number of benzene rings is 1. The average Bonchev–Trinajstić information content (AvgIpc) is 2.76. The molecule has 0 aliphatic carbocycles. The highest BCUT2D eigenvalue weighted by molar-refractivity contribution is 8.01. The van der Waals surface area contributed by atoms with Gasteiger partial charge in [-0.1, -0.05) is 5.16 Å². The SMILES string of the molecule is Cc1noc(S/C=C/C(=O)c2ccc(F)cc2)n1. The van der Waals surface area contributed by atoms with Gasteiger partial charge in [0.1, 0.15) is 5.82 Å². The molecule has 1 aromatic heterocycles. The summed E-state index contributed by atoms with van der Waals surface area (Å²) in [5.74, 6) is -0.0410. The van der Waals surface area contributed by atoms with Gasteiger partial charge >= 0.3 is 0 Å². The van der Waals surface area contributed by atoms with E-state index < -0.39 is 0 Å². The number of aryl methyl sites for hydroxylation is 1. The van der Waals surface area contributed by atoms with E-state index in [4.69, 9.17) is 4.52 Å². The standard InChI is InChI=1S/C12H9FN2O2S/c1-8-14-12(17-15-8)18-7-6-11(16)9-2-4-10(13)5-3-9/h2-7H,1H3/b7-6+. The third-order valence-electron chi connectivity index (χ3n) is 2.03. The Labute approximate surface area is 107 Å². The maximum absolute atomic E-state index is 12.7. The molecule has 2 aromatic rings. The van der Waals surface area contributed by atoms with Crippen LogP contribution >= 0.6 is 11.8 Å². The van der Waals surface area contributed by atoms with Crippen LogP contribution in [-0.4, -0.2) is 15.9 Å². The molecular weight excluding hydrogens is 255 g/mol. The summed E-state index contributed by atoms with van der Waals surface area (Å²) in [7, 11) is 0. The molecule has 0 unspecified atom stereocenters. The Morgan fingerprint density at radius 3 is 2.72 bits per heavy atom. The summed E-state index contributed by atoms with van der Waals surface area (Å²) in [6.07, 6.45) is 1.37. The number of halogens is 1. The lowest BCUT2D eigenvalue weighted by Crippen LogP contribution is -1.93. The van der Waals surface area contributed by atoms with Crippen LogP contribution < -0.4 is 0 Å². The van der Waals surface area contributed by atoms with Crippen LogP contribution in [0.3, 0.4) is 0 Å². The number of thioether (sulfide) groups is 1. The average molecular weight is 264 g/mol. The molecule has 2 rings (SSSR count). The van der Waals surface area contributed by atoms with Crippen LogP contribution in [0.2, 0.25) is 0 Å². The highest BCUT2D eigenvalue weighted by Gasteiger charge is 2.03. The normalized spacial score (nSPS) is 11.0. The number of ketones is 1. The summed E-state index contributed by atoms with van der Waals surface area (Å²) in [6, 6.07) is 5.36. The number of rotatable bonds is 4. The second-order valence-corrected chi connectivity index (χ2v) is 4.26. The van der Waals surface area contributed by atoms with Crippen molar-refractivity contribution in [3.05, 3.63) is 53.0 Å². The Morgan fingerprint density at radius 1 is 1.39 bits per heavy atom. The van der Waals surface area contributed by atoms with E-state index in [1.54, 1.807) is 12.3 Å². The summed E-state index contributed by atoms with van der Waals surface area (Å²) in [6.45, 7) is 1.71. The van der Waals surface area contributed by atoms with Crippen molar-refractivity contribution in [3.8, 4) is 0 Å². The lowest BCUT2D eigenvalue weighted by Gasteiger charge is -1.94. The fraction of sp³-hybridized carbons (Fsp3) is 0.0833. The van der Waals surface area contributed by atoms with Crippen molar-refractivity contribution in [1.29, 1.82) is 0 Å². The Kier molecular flexibility index (Phi) is 3.88. The minimum Gasteiger partial charge on any atom is -0.327 e. The van der Waals surface area contributed by atoms with E-state index in [1.165, 1.54) is 30.3 Å². The Balaban J connectivity index is 1.97. The lowest BCUT2D eigenvalue weighted by molar-refractivity contribution is 0.104. The van der Waals surface area contributed by atoms with E-state index >= 15 is 0 Å². The quantitative estimate of drug-likeness (QED) is 0.482. The first-order valence-electron chi connectivity index (χ1n) is 5.08. The Morgan fingerprint density at radius 2 is 2.11 bits per heavy atom. The van der Waals surface area contributed by atoms with Crippen molar-refractivity contribution in [1.82, 2.24) is 10.1 Å². The van der Waals surface area contributed by atoms with Crippen molar-refractivity contribution in [2.24, 2.45) is 0 Å². The van der Waals surface area contributed by atoms with Crippen LogP contribution in [0.15, 0.2) is 45.5 Å².